The summed E-state index contributed by atoms with van der Waals surface area (Å²) in [6, 6.07) is 14.4. The molecule has 1 unspecified atom stereocenters. The monoisotopic (exact) mass is 285 g/mol. The van der Waals surface area contributed by atoms with Gasteiger partial charge in [-0.05, 0) is 44.5 Å². The van der Waals surface area contributed by atoms with E-state index in [4.69, 9.17) is 9.47 Å². The van der Waals surface area contributed by atoms with Gasteiger partial charge in [0, 0.05) is 5.56 Å². The first kappa shape index (κ1) is 15.2. The molecule has 0 saturated carbocycles. The molecule has 1 N–H and O–H groups in total. The van der Waals surface area contributed by atoms with Crippen molar-refractivity contribution in [2.24, 2.45) is 0 Å². The molecule has 0 aliphatic heterocycles. The fraction of sp³-hybridized carbons (Fsp3) is 0.333. The van der Waals surface area contributed by atoms with Gasteiger partial charge in [0.05, 0.1) is 25.4 Å². The quantitative estimate of drug-likeness (QED) is 0.843. The van der Waals surface area contributed by atoms with Crippen molar-refractivity contribution in [3.05, 3.63) is 53.6 Å². The first-order valence-electron chi connectivity index (χ1n) is 7.28. The Morgan fingerprint density at radius 2 is 1.86 bits per heavy atom. The number of nitrogens with one attached hydrogen (secondary N) is 1. The summed E-state index contributed by atoms with van der Waals surface area (Å²) in [4.78, 5) is 0. The molecule has 0 aliphatic carbocycles. The third-order valence-corrected chi connectivity index (χ3v) is 3.41. The van der Waals surface area contributed by atoms with E-state index in [-0.39, 0.29) is 6.04 Å². The van der Waals surface area contributed by atoms with Gasteiger partial charge in [0.1, 0.15) is 11.5 Å². The zero-order chi connectivity index (χ0) is 15.2. The SMILES string of the molecule is CCOc1ccccc1C(C)Nc1cc(C)ccc1OC. The van der Waals surface area contributed by atoms with Crippen LogP contribution in [0.15, 0.2) is 42.5 Å². The lowest BCUT2D eigenvalue weighted by Crippen LogP contribution is -2.10. The first-order chi connectivity index (χ1) is 10.2. The Morgan fingerprint density at radius 1 is 1.10 bits per heavy atom. The Balaban J connectivity index is 2.26. The number of para-hydroxylation sites is 1. The molecule has 0 fully saturated rings. The minimum Gasteiger partial charge on any atom is -0.495 e. The van der Waals surface area contributed by atoms with Crippen LogP contribution in [0.5, 0.6) is 11.5 Å². The van der Waals surface area contributed by atoms with Gasteiger partial charge < -0.3 is 14.8 Å². The summed E-state index contributed by atoms with van der Waals surface area (Å²) in [5, 5.41) is 3.51. The topological polar surface area (TPSA) is 30.5 Å². The molecule has 21 heavy (non-hydrogen) atoms. The van der Waals surface area contributed by atoms with Crippen LogP contribution in [-0.2, 0) is 0 Å². The fourth-order valence-electron chi connectivity index (χ4n) is 2.37. The molecule has 0 saturated heterocycles. The van der Waals surface area contributed by atoms with E-state index in [2.05, 4.69) is 31.3 Å². The van der Waals surface area contributed by atoms with Gasteiger partial charge in [-0.15, -0.1) is 0 Å². The van der Waals surface area contributed by atoms with E-state index in [1.54, 1.807) is 7.11 Å². The zero-order valence-electron chi connectivity index (χ0n) is 13.1. The van der Waals surface area contributed by atoms with Crippen molar-refractivity contribution in [2.75, 3.05) is 19.0 Å². The summed E-state index contributed by atoms with van der Waals surface area (Å²) >= 11 is 0. The summed E-state index contributed by atoms with van der Waals surface area (Å²) in [7, 11) is 1.69. The maximum atomic E-state index is 5.70. The van der Waals surface area contributed by atoms with Gasteiger partial charge in [-0.25, -0.2) is 0 Å². The van der Waals surface area contributed by atoms with Crippen molar-refractivity contribution in [2.45, 2.75) is 26.8 Å². The molecule has 0 amide bonds. The Bertz CT molecular complexity index is 596. The minimum atomic E-state index is 0.128. The van der Waals surface area contributed by atoms with Crippen LogP contribution in [0.25, 0.3) is 0 Å². The molecule has 0 bridgehead atoms. The van der Waals surface area contributed by atoms with Crippen LogP contribution in [0.3, 0.4) is 0 Å². The van der Waals surface area contributed by atoms with Gasteiger partial charge >= 0.3 is 0 Å². The third-order valence-electron chi connectivity index (χ3n) is 3.41. The molecule has 2 rings (SSSR count). The summed E-state index contributed by atoms with van der Waals surface area (Å²) < 4.78 is 11.1. The highest BCUT2D eigenvalue weighted by atomic mass is 16.5. The predicted molar refractivity (Wildman–Crippen MR) is 87.4 cm³/mol. The zero-order valence-corrected chi connectivity index (χ0v) is 13.1. The molecule has 1 atom stereocenters. The van der Waals surface area contributed by atoms with E-state index in [0.29, 0.717) is 6.61 Å². The van der Waals surface area contributed by atoms with Gasteiger partial charge in [0.25, 0.3) is 0 Å². The van der Waals surface area contributed by atoms with E-state index >= 15 is 0 Å². The number of rotatable bonds is 6. The fourth-order valence-corrected chi connectivity index (χ4v) is 2.37. The van der Waals surface area contributed by atoms with Crippen molar-refractivity contribution in [3.63, 3.8) is 0 Å². The second-order valence-electron chi connectivity index (χ2n) is 5.04. The highest BCUT2D eigenvalue weighted by Gasteiger charge is 2.13. The number of methoxy groups -OCH3 is 1. The smallest absolute Gasteiger partial charge is 0.141 e. The number of aryl methyl sites for hydroxylation is 1. The maximum absolute atomic E-state index is 5.70. The standard InChI is InChI=1S/C18H23NO2/c1-5-21-17-9-7-6-8-15(17)14(3)19-16-12-13(2)10-11-18(16)20-4/h6-12,14,19H,5H2,1-4H3. The number of hydrogen-bond acceptors (Lipinski definition) is 3. The molecule has 0 aliphatic rings. The molecule has 2 aromatic carbocycles. The molecular weight excluding hydrogens is 262 g/mol. The maximum Gasteiger partial charge on any atom is 0.141 e. The average Bonchev–Trinajstić information content (AvgIpc) is 2.48. The van der Waals surface area contributed by atoms with Crippen LogP contribution >= 0.6 is 0 Å². The van der Waals surface area contributed by atoms with Crippen molar-refractivity contribution in [3.8, 4) is 11.5 Å². The highest BCUT2D eigenvalue weighted by Crippen LogP contribution is 2.32. The van der Waals surface area contributed by atoms with Gasteiger partial charge in [0.15, 0.2) is 0 Å². The first-order valence-corrected chi connectivity index (χ1v) is 7.28. The van der Waals surface area contributed by atoms with E-state index in [1.165, 1.54) is 5.56 Å². The molecule has 0 radical (unpaired) electrons. The lowest BCUT2D eigenvalue weighted by molar-refractivity contribution is 0.335. The largest absolute Gasteiger partial charge is 0.495 e. The third kappa shape index (κ3) is 3.69. The molecule has 112 valence electrons. The van der Waals surface area contributed by atoms with Crippen LogP contribution in [0.4, 0.5) is 5.69 Å². The van der Waals surface area contributed by atoms with E-state index in [1.807, 2.05) is 37.3 Å². The summed E-state index contributed by atoms with van der Waals surface area (Å²) in [6.45, 7) is 6.86. The molecule has 2 aromatic rings. The van der Waals surface area contributed by atoms with E-state index in [9.17, 15) is 0 Å². The van der Waals surface area contributed by atoms with Gasteiger partial charge in [0.2, 0.25) is 0 Å². The van der Waals surface area contributed by atoms with Gasteiger partial charge in [-0.1, -0.05) is 24.3 Å². The summed E-state index contributed by atoms with van der Waals surface area (Å²) in [5.74, 6) is 1.77. The van der Waals surface area contributed by atoms with E-state index < -0.39 is 0 Å². The Hall–Kier alpha value is -2.16. The molecule has 0 heterocycles. The van der Waals surface area contributed by atoms with Gasteiger partial charge in [-0.2, -0.15) is 0 Å². The molecule has 0 aromatic heterocycles. The molecule has 3 nitrogen and oxygen atoms in total. The van der Waals surface area contributed by atoms with Crippen molar-refractivity contribution in [1.82, 2.24) is 0 Å². The normalized spacial score (nSPS) is 11.8. The lowest BCUT2D eigenvalue weighted by Gasteiger charge is -2.20. The van der Waals surface area contributed by atoms with E-state index in [0.717, 1.165) is 22.7 Å². The summed E-state index contributed by atoms with van der Waals surface area (Å²) in [6.07, 6.45) is 0. The second-order valence-corrected chi connectivity index (χ2v) is 5.04. The van der Waals surface area contributed by atoms with Crippen molar-refractivity contribution in [1.29, 1.82) is 0 Å². The Labute approximate surface area is 126 Å². The van der Waals surface area contributed by atoms with Crippen molar-refractivity contribution >= 4 is 5.69 Å². The number of hydrogen-bond donors (Lipinski definition) is 1. The number of anilines is 1. The molecule has 3 heteroatoms. The van der Waals surface area contributed by atoms with Crippen LogP contribution in [0, 0.1) is 6.92 Å². The summed E-state index contributed by atoms with van der Waals surface area (Å²) in [5.41, 5.74) is 3.34. The number of ether oxygens (including phenoxy) is 2. The lowest BCUT2D eigenvalue weighted by atomic mass is 10.1. The number of benzene rings is 2. The van der Waals surface area contributed by atoms with Crippen LogP contribution < -0.4 is 14.8 Å². The van der Waals surface area contributed by atoms with Crippen LogP contribution in [-0.4, -0.2) is 13.7 Å². The molecule has 0 spiro atoms. The highest BCUT2D eigenvalue weighted by molar-refractivity contribution is 5.59. The Kier molecular flexibility index (Phi) is 5.09. The van der Waals surface area contributed by atoms with Gasteiger partial charge in [-0.3, -0.25) is 0 Å². The Morgan fingerprint density at radius 3 is 2.57 bits per heavy atom. The van der Waals surface area contributed by atoms with Crippen LogP contribution in [0.2, 0.25) is 0 Å². The average molecular weight is 285 g/mol. The minimum absolute atomic E-state index is 0.128. The molecular formula is C18H23NO2. The van der Waals surface area contributed by atoms with Crippen molar-refractivity contribution < 1.29 is 9.47 Å². The predicted octanol–water partition coefficient (Wildman–Crippen LogP) is 4.58. The second kappa shape index (κ2) is 7.02. The van der Waals surface area contributed by atoms with Crippen LogP contribution in [0.1, 0.15) is 31.0 Å².